The lowest BCUT2D eigenvalue weighted by atomic mass is 10.1. The van der Waals surface area contributed by atoms with Crippen molar-refractivity contribution in [2.45, 2.75) is 12.8 Å². The number of fused-ring (bicyclic) bond motifs is 2. The molecule has 6 heterocycles. The lowest BCUT2D eigenvalue weighted by molar-refractivity contribution is -0.117. The van der Waals surface area contributed by atoms with Gasteiger partial charge in [-0.15, -0.1) is 0 Å². The topological polar surface area (TPSA) is 132 Å². The Balaban J connectivity index is 1.24. The molecule has 0 unspecified atom stereocenters. The maximum absolute atomic E-state index is 12.2. The number of carbonyl (C=O) groups is 1. The van der Waals surface area contributed by atoms with Gasteiger partial charge in [-0.25, -0.2) is 9.97 Å². The predicted octanol–water partition coefficient (Wildman–Crippen LogP) is 3.06. The van der Waals surface area contributed by atoms with E-state index >= 15 is 0 Å². The van der Waals surface area contributed by atoms with Gasteiger partial charge in [0.15, 0.2) is 11.5 Å². The van der Waals surface area contributed by atoms with Crippen LogP contribution in [0.3, 0.4) is 0 Å². The van der Waals surface area contributed by atoms with E-state index in [0.717, 1.165) is 72.5 Å². The number of nitrogens with one attached hydrogen (secondary N) is 3. The number of rotatable bonds is 5. The van der Waals surface area contributed by atoms with Gasteiger partial charge in [-0.05, 0) is 38.1 Å². The SMILES string of the molecule is CN1CCN(c2cncc3[nH]c(-c4n[nH]c5ccc(-c6cncc(NC(=O)C7CC7)c6)nc45)nc23)CC1. The molecule has 0 aromatic carbocycles. The van der Waals surface area contributed by atoms with Crippen LogP contribution < -0.4 is 10.2 Å². The molecule has 0 spiro atoms. The Labute approximate surface area is 212 Å². The van der Waals surface area contributed by atoms with Gasteiger partial charge in [0.05, 0.1) is 46.7 Å². The zero-order valence-electron chi connectivity index (χ0n) is 20.4. The van der Waals surface area contributed by atoms with Crippen molar-refractivity contribution in [1.29, 1.82) is 0 Å². The van der Waals surface area contributed by atoms with E-state index in [-0.39, 0.29) is 11.8 Å². The molecule has 1 amide bonds. The Bertz CT molecular complexity index is 1630. The number of aromatic amines is 2. The van der Waals surface area contributed by atoms with E-state index in [2.05, 4.69) is 47.3 Å². The molecule has 37 heavy (non-hydrogen) atoms. The standard InChI is InChI=1S/C26H26N10O/c1-35-6-8-36(9-7-35)21-14-28-13-20-22(21)32-25(31-20)24-23-19(33-34-24)5-4-18(30-23)16-10-17(12-27-11-16)29-26(37)15-2-3-15/h4-5,10-15H,2-3,6-9H2,1H3,(H,29,37)(H,31,32)(H,33,34). The number of piperazine rings is 1. The number of pyridine rings is 3. The maximum Gasteiger partial charge on any atom is 0.227 e. The number of H-pyrrole nitrogens is 2. The van der Waals surface area contributed by atoms with Crippen molar-refractivity contribution in [3.63, 3.8) is 0 Å². The van der Waals surface area contributed by atoms with Crippen molar-refractivity contribution < 1.29 is 4.79 Å². The summed E-state index contributed by atoms with van der Waals surface area (Å²) in [5.74, 6) is 0.815. The number of aromatic nitrogens is 7. The summed E-state index contributed by atoms with van der Waals surface area (Å²) in [6, 6.07) is 5.77. The maximum atomic E-state index is 12.2. The van der Waals surface area contributed by atoms with Gasteiger partial charge >= 0.3 is 0 Å². The first kappa shape index (κ1) is 21.9. The molecule has 0 radical (unpaired) electrons. The minimum absolute atomic E-state index is 0.0507. The van der Waals surface area contributed by atoms with Crippen LogP contribution in [0.2, 0.25) is 0 Å². The first-order chi connectivity index (χ1) is 18.1. The molecule has 5 aromatic heterocycles. The monoisotopic (exact) mass is 494 g/mol. The van der Waals surface area contributed by atoms with Gasteiger partial charge in [-0.1, -0.05) is 0 Å². The number of carbonyl (C=O) groups excluding carboxylic acids is 1. The molecular weight excluding hydrogens is 468 g/mol. The lowest BCUT2D eigenvalue weighted by Crippen LogP contribution is -2.44. The van der Waals surface area contributed by atoms with E-state index in [1.807, 2.05) is 24.4 Å². The second-order valence-electron chi connectivity index (χ2n) is 9.82. The van der Waals surface area contributed by atoms with Crippen LogP contribution in [0.5, 0.6) is 0 Å². The van der Waals surface area contributed by atoms with Gasteiger partial charge in [0.2, 0.25) is 5.91 Å². The minimum atomic E-state index is 0.0507. The normalized spacial score (nSPS) is 16.5. The van der Waals surface area contributed by atoms with Crippen molar-refractivity contribution >= 4 is 39.3 Å². The van der Waals surface area contributed by atoms with E-state index in [4.69, 9.17) is 9.97 Å². The molecule has 0 bridgehead atoms. The fourth-order valence-electron chi connectivity index (χ4n) is 4.77. The van der Waals surface area contributed by atoms with Crippen LogP contribution in [-0.4, -0.2) is 79.2 Å². The largest absolute Gasteiger partial charge is 0.366 e. The molecule has 11 heteroatoms. The molecular formula is C26H26N10O. The van der Waals surface area contributed by atoms with Gasteiger partial charge in [0.1, 0.15) is 11.0 Å². The second-order valence-corrected chi connectivity index (χ2v) is 9.82. The summed E-state index contributed by atoms with van der Waals surface area (Å²) in [6.07, 6.45) is 9.00. The van der Waals surface area contributed by atoms with E-state index in [0.29, 0.717) is 22.7 Å². The molecule has 0 atom stereocenters. The highest BCUT2D eigenvalue weighted by atomic mass is 16.2. The average molecular weight is 495 g/mol. The fraction of sp³-hybridized carbons (Fsp3) is 0.308. The van der Waals surface area contributed by atoms with E-state index < -0.39 is 0 Å². The Morgan fingerprint density at radius 3 is 2.65 bits per heavy atom. The zero-order valence-corrected chi connectivity index (χ0v) is 20.4. The first-order valence-electron chi connectivity index (χ1n) is 12.5. The number of hydrogen-bond donors (Lipinski definition) is 3. The summed E-state index contributed by atoms with van der Waals surface area (Å²) in [5, 5.41) is 10.6. The number of likely N-dealkylation sites (N-methyl/N-ethyl adjacent to an activating group) is 1. The highest BCUT2D eigenvalue weighted by Gasteiger charge is 2.29. The van der Waals surface area contributed by atoms with Crippen LogP contribution in [-0.2, 0) is 4.79 Å². The molecule has 1 saturated heterocycles. The Hall–Kier alpha value is -4.38. The van der Waals surface area contributed by atoms with Crippen LogP contribution in [0.25, 0.3) is 44.8 Å². The molecule has 11 nitrogen and oxygen atoms in total. The lowest BCUT2D eigenvalue weighted by Gasteiger charge is -2.33. The Morgan fingerprint density at radius 1 is 0.973 bits per heavy atom. The number of nitrogens with zero attached hydrogens (tertiary/aromatic N) is 7. The highest BCUT2D eigenvalue weighted by molar-refractivity contribution is 5.96. The van der Waals surface area contributed by atoms with Gasteiger partial charge < -0.3 is 20.1 Å². The summed E-state index contributed by atoms with van der Waals surface area (Å²) in [7, 11) is 2.14. The smallest absolute Gasteiger partial charge is 0.227 e. The molecule has 2 aliphatic rings. The molecule has 1 saturated carbocycles. The van der Waals surface area contributed by atoms with Gasteiger partial charge in [0, 0.05) is 43.9 Å². The summed E-state index contributed by atoms with van der Waals surface area (Å²) < 4.78 is 0. The van der Waals surface area contributed by atoms with Crippen LogP contribution in [0, 0.1) is 5.92 Å². The van der Waals surface area contributed by atoms with Crippen molar-refractivity contribution in [2.24, 2.45) is 5.92 Å². The third-order valence-corrected chi connectivity index (χ3v) is 7.10. The molecule has 2 fully saturated rings. The van der Waals surface area contributed by atoms with E-state index in [1.54, 1.807) is 18.6 Å². The van der Waals surface area contributed by atoms with Crippen molar-refractivity contribution in [3.8, 4) is 22.8 Å². The Morgan fingerprint density at radius 2 is 1.81 bits per heavy atom. The summed E-state index contributed by atoms with van der Waals surface area (Å²) in [4.78, 5) is 38.9. The Kier molecular flexibility index (Phi) is 5.10. The molecule has 1 aliphatic heterocycles. The molecule has 186 valence electrons. The number of anilines is 2. The number of imidazole rings is 1. The quantitative estimate of drug-likeness (QED) is 0.340. The molecule has 3 N–H and O–H groups in total. The number of amides is 1. The van der Waals surface area contributed by atoms with E-state index in [9.17, 15) is 4.79 Å². The average Bonchev–Trinajstić information content (AvgIpc) is 3.55. The predicted molar refractivity (Wildman–Crippen MR) is 141 cm³/mol. The summed E-state index contributed by atoms with van der Waals surface area (Å²) in [6.45, 7) is 3.88. The van der Waals surface area contributed by atoms with Crippen LogP contribution in [0.1, 0.15) is 12.8 Å². The van der Waals surface area contributed by atoms with Crippen LogP contribution in [0.15, 0.2) is 43.0 Å². The molecule has 1 aliphatic carbocycles. The van der Waals surface area contributed by atoms with Gasteiger partial charge in [-0.2, -0.15) is 5.10 Å². The summed E-state index contributed by atoms with van der Waals surface area (Å²) in [5.41, 5.74) is 7.15. The molecule has 5 aromatic rings. The first-order valence-corrected chi connectivity index (χ1v) is 12.5. The number of hydrogen-bond acceptors (Lipinski definition) is 8. The van der Waals surface area contributed by atoms with Gasteiger partial charge in [-0.3, -0.25) is 19.9 Å². The van der Waals surface area contributed by atoms with Crippen molar-refractivity contribution in [2.75, 3.05) is 43.4 Å². The fourth-order valence-corrected chi connectivity index (χ4v) is 4.77. The summed E-state index contributed by atoms with van der Waals surface area (Å²) >= 11 is 0. The zero-order chi connectivity index (χ0) is 24.9. The van der Waals surface area contributed by atoms with Crippen LogP contribution >= 0.6 is 0 Å². The van der Waals surface area contributed by atoms with Gasteiger partial charge in [0.25, 0.3) is 0 Å². The third-order valence-electron chi connectivity index (χ3n) is 7.10. The highest BCUT2D eigenvalue weighted by Crippen LogP contribution is 2.32. The molecule has 7 rings (SSSR count). The van der Waals surface area contributed by atoms with Crippen molar-refractivity contribution in [3.05, 3.63) is 43.0 Å². The third kappa shape index (κ3) is 4.06. The second kappa shape index (κ2) is 8.63. The van der Waals surface area contributed by atoms with Crippen LogP contribution in [0.4, 0.5) is 11.4 Å². The van der Waals surface area contributed by atoms with E-state index in [1.165, 1.54) is 0 Å². The van der Waals surface area contributed by atoms with Crippen molar-refractivity contribution in [1.82, 2.24) is 40.0 Å². The minimum Gasteiger partial charge on any atom is -0.366 e.